The summed E-state index contributed by atoms with van der Waals surface area (Å²) in [6, 6.07) is 11.1. The molecule has 2 aromatic carbocycles. The van der Waals surface area contributed by atoms with Gasteiger partial charge in [-0.05, 0) is 0 Å². The smallest absolute Gasteiger partial charge is 0.754 e. The predicted molar refractivity (Wildman–Crippen MR) is 60.0 cm³/mol. The Morgan fingerprint density at radius 1 is 0.619 bits per heavy atom. The first-order chi connectivity index (χ1) is 8.21. The molecule has 0 atom stereocenters. The molecule has 2 rings (SSSR count). The topological polar surface area (TPSA) is 114 Å². The second kappa shape index (κ2) is 11.6. The minimum absolute atomic E-state index is 0. The summed E-state index contributed by atoms with van der Waals surface area (Å²) in [5.41, 5.74) is 0. The monoisotopic (exact) mass is 390 g/mol. The van der Waals surface area contributed by atoms with E-state index in [1.54, 1.807) is 0 Å². The molecule has 6 nitrogen and oxygen atoms in total. The molecule has 21 heavy (non-hydrogen) atoms. The minimum Gasteiger partial charge on any atom is -0.754 e. The van der Waals surface area contributed by atoms with Gasteiger partial charge in [0.1, 0.15) is 0 Å². The predicted octanol–water partition coefficient (Wildman–Crippen LogP) is -5.38. The van der Waals surface area contributed by atoms with Gasteiger partial charge in [0.15, 0.2) is 0 Å². The molecule has 11 heteroatoms. The van der Waals surface area contributed by atoms with Gasteiger partial charge in [0.05, 0.1) is 20.2 Å². The quantitative estimate of drug-likeness (QED) is 0.287. The van der Waals surface area contributed by atoms with E-state index in [2.05, 4.69) is 0 Å². The van der Waals surface area contributed by atoms with Crippen LogP contribution in [0.25, 0.3) is 0 Å². The molecule has 0 aromatic heterocycles. The first-order valence-electron chi connectivity index (χ1n) is 4.56. The molecule has 0 saturated heterocycles. The normalized spacial score (nSPS) is 10.0. The molecule has 0 aliphatic rings. The molecule has 0 radical (unpaired) electrons. The Morgan fingerprint density at radius 2 is 0.810 bits per heavy atom. The Morgan fingerprint density at radius 3 is 0.905 bits per heavy atom. The molecule has 0 bridgehead atoms. The molecule has 0 heterocycles. The van der Waals surface area contributed by atoms with Crippen LogP contribution in [0.15, 0.2) is 58.3 Å². The first kappa shape index (κ1) is 26.9. The van der Waals surface area contributed by atoms with Gasteiger partial charge in [-0.25, -0.2) is 24.3 Å². The van der Waals surface area contributed by atoms with Crippen molar-refractivity contribution in [3.8, 4) is 0 Å². The summed E-state index contributed by atoms with van der Waals surface area (Å²) in [5.74, 6) is 0. The average Bonchev–Trinajstić information content (AvgIpc) is 2.91. The van der Waals surface area contributed by atoms with Gasteiger partial charge in [0, 0.05) is 0 Å². The molecular formula is C10H8FeNa2O6S2. The van der Waals surface area contributed by atoms with Crippen LogP contribution in [-0.4, -0.2) is 25.9 Å². The molecule has 0 saturated carbocycles. The second-order valence-electron chi connectivity index (χ2n) is 3.15. The zero-order chi connectivity index (χ0) is 13.8. The fraction of sp³-hybridized carbons (Fsp3) is 0. The Kier molecular flexibility index (Phi) is 14.8. The Bertz CT molecular complexity index is 616. The van der Waals surface area contributed by atoms with Crippen LogP contribution >= 0.6 is 0 Å². The van der Waals surface area contributed by atoms with Gasteiger partial charge in [0.25, 0.3) is 0 Å². The van der Waals surface area contributed by atoms with E-state index in [1.165, 1.54) is 48.5 Å². The maximum Gasteiger partial charge on any atom is 2.00 e. The molecule has 0 fully saturated rings. The molecule has 0 aliphatic carbocycles. The van der Waals surface area contributed by atoms with Crippen molar-refractivity contribution in [1.29, 1.82) is 0 Å². The summed E-state index contributed by atoms with van der Waals surface area (Å²) < 4.78 is 60.8. The summed E-state index contributed by atoms with van der Waals surface area (Å²) in [6.45, 7) is 0. The van der Waals surface area contributed by atoms with E-state index in [0.717, 1.165) is 0 Å². The summed E-state index contributed by atoms with van der Waals surface area (Å²) >= 11 is 0. The molecular weight excluding hydrogens is 382 g/mol. The number of hydrogen-bond acceptors (Lipinski definition) is 6. The molecule has 0 spiro atoms. The van der Waals surface area contributed by atoms with Gasteiger partial charge < -0.3 is 9.11 Å². The Hall–Kier alpha value is 1.04. The van der Waals surface area contributed by atoms with E-state index >= 15 is 0 Å². The fourth-order valence-electron chi connectivity index (χ4n) is 1.05. The van der Waals surface area contributed by atoms with Gasteiger partial charge in [-0.2, -0.15) is 24.3 Å². The van der Waals surface area contributed by atoms with Gasteiger partial charge in [-0.1, -0.05) is 9.79 Å². The summed E-state index contributed by atoms with van der Waals surface area (Å²) in [5, 5.41) is 0. The van der Waals surface area contributed by atoms with E-state index in [4.69, 9.17) is 0 Å². The van der Waals surface area contributed by atoms with E-state index in [0.29, 0.717) is 0 Å². The van der Waals surface area contributed by atoms with Crippen molar-refractivity contribution in [3.05, 3.63) is 48.5 Å². The van der Waals surface area contributed by atoms with E-state index < -0.39 is 20.2 Å². The molecule has 0 N–H and O–H groups in total. The van der Waals surface area contributed by atoms with Crippen LogP contribution in [0.3, 0.4) is 0 Å². The zero-order valence-corrected chi connectivity index (χ0v) is 18.0. The maximum atomic E-state index is 10.1. The van der Waals surface area contributed by atoms with Crippen molar-refractivity contribution in [3.63, 3.8) is 0 Å². The van der Waals surface area contributed by atoms with Gasteiger partial charge in [0.2, 0.25) is 0 Å². The molecule has 2 aromatic rings. The zero-order valence-electron chi connectivity index (χ0n) is 11.2. The number of hydrogen-bond donors (Lipinski definition) is 0. The third-order valence-electron chi connectivity index (χ3n) is 1.84. The van der Waals surface area contributed by atoms with Crippen molar-refractivity contribution in [2.75, 3.05) is 0 Å². The first-order valence-corrected chi connectivity index (χ1v) is 7.38. The van der Waals surface area contributed by atoms with E-state index in [-0.39, 0.29) is 86.0 Å². The van der Waals surface area contributed by atoms with Crippen molar-refractivity contribution < 1.29 is 102 Å². The SMILES string of the molecule is O=S(=O)([O-])[c-]1cccc1.O=S(=O)([O-])[c-]1cccc1.[Fe+2].[Na+].[Na+]. The number of rotatable bonds is 2. The van der Waals surface area contributed by atoms with E-state index in [9.17, 15) is 25.9 Å². The standard InChI is InChI=1S/2C5H5O3S.Fe.2Na/c2*6-9(7,8)5-3-1-2-4-5;;;/h2*1-4H,(H,6,7,8);;;/q2*-1;+2;2*+1/p-2. The van der Waals surface area contributed by atoms with Gasteiger partial charge in [-0.3, -0.25) is 16.8 Å². The molecule has 0 amide bonds. The van der Waals surface area contributed by atoms with E-state index in [1.807, 2.05) is 0 Å². The van der Waals surface area contributed by atoms with Crippen LogP contribution in [0.5, 0.6) is 0 Å². The van der Waals surface area contributed by atoms with Crippen molar-refractivity contribution in [2.45, 2.75) is 9.79 Å². The van der Waals surface area contributed by atoms with Crippen LogP contribution in [0.1, 0.15) is 0 Å². The summed E-state index contributed by atoms with van der Waals surface area (Å²) in [7, 11) is -8.42. The van der Waals surface area contributed by atoms with Crippen molar-refractivity contribution >= 4 is 20.2 Å². The fourth-order valence-corrected chi connectivity index (χ4v) is 2.03. The Labute approximate surface area is 178 Å². The summed E-state index contributed by atoms with van der Waals surface area (Å²) in [6.07, 6.45) is 0. The van der Waals surface area contributed by atoms with Crippen LogP contribution in [-0.2, 0) is 37.3 Å². The van der Waals surface area contributed by atoms with Crippen molar-refractivity contribution in [2.24, 2.45) is 0 Å². The van der Waals surface area contributed by atoms with Gasteiger partial charge in [-0.15, -0.1) is 0 Å². The largest absolute Gasteiger partial charge is 2.00 e. The third kappa shape index (κ3) is 10.4. The molecule has 0 unspecified atom stereocenters. The van der Waals surface area contributed by atoms with Crippen LogP contribution in [0, 0.1) is 0 Å². The minimum atomic E-state index is -4.21. The Balaban J connectivity index is -0.000000270. The van der Waals surface area contributed by atoms with Crippen molar-refractivity contribution in [1.82, 2.24) is 0 Å². The molecule has 106 valence electrons. The van der Waals surface area contributed by atoms with Crippen LogP contribution in [0.2, 0.25) is 0 Å². The third-order valence-corrected chi connectivity index (χ3v) is 3.54. The van der Waals surface area contributed by atoms with Gasteiger partial charge >= 0.3 is 76.2 Å². The maximum absolute atomic E-state index is 10.1. The van der Waals surface area contributed by atoms with Crippen LogP contribution < -0.4 is 59.1 Å². The second-order valence-corrected chi connectivity index (χ2v) is 5.91. The van der Waals surface area contributed by atoms with Crippen LogP contribution in [0.4, 0.5) is 0 Å². The average molecular weight is 390 g/mol. The summed E-state index contributed by atoms with van der Waals surface area (Å²) in [4.78, 5) is -0.329. The molecule has 0 aliphatic heterocycles.